The minimum Gasteiger partial charge on any atom is -0.392 e. The van der Waals surface area contributed by atoms with E-state index in [0.29, 0.717) is 0 Å². The number of benzene rings is 1. The molecule has 0 aliphatic rings. The summed E-state index contributed by atoms with van der Waals surface area (Å²) in [7, 11) is 0. The van der Waals surface area contributed by atoms with Crippen LogP contribution in [0.1, 0.15) is 6.92 Å². The highest BCUT2D eigenvalue weighted by molar-refractivity contribution is 5.45. The molecule has 0 saturated heterocycles. The van der Waals surface area contributed by atoms with Gasteiger partial charge in [-0.3, -0.25) is 0 Å². The van der Waals surface area contributed by atoms with Gasteiger partial charge in [0.25, 0.3) is 0 Å². The Morgan fingerprint density at radius 2 is 1.92 bits per heavy atom. The Bertz CT molecular complexity index is 269. The monoisotopic (exact) mass is 187 g/mol. The zero-order chi connectivity index (χ0) is 9.84. The van der Waals surface area contributed by atoms with Crippen LogP contribution in [0.25, 0.3) is 0 Å². The molecule has 1 aromatic carbocycles. The third-order valence-corrected chi connectivity index (χ3v) is 1.54. The lowest BCUT2D eigenvalue weighted by Crippen LogP contribution is -2.16. The largest absolute Gasteiger partial charge is 0.392 e. The van der Waals surface area contributed by atoms with E-state index in [1.54, 1.807) is 0 Å². The van der Waals surface area contributed by atoms with Gasteiger partial charge < -0.3 is 10.4 Å². The second-order valence-electron chi connectivity index (χ2n) is 2.83. The molecular weight excluding hydrogens is 176 g/mol. The van der Waals surface area contributed by atoms with Gasteiger partial charge >= 0.3 is 0 Å². The van der Waals surface area contributed by atoms with Crippen molar-refractivity contribution in [3.63, 3.8) is 0 Å². The number of aliphatic hydroxyl groups excluding tert-OH is 1. The lowest BCUT2D eigenvalue weighted by Gasteiger charge is -2.09. The molecule has 1 rings (SSSR count). The second-order valence-corrected chi connectivity index (χ2v) is 2.83. The summed E-state index contributed by atoms with van der Waals surface area (Å²) < 4.78 is 25.8. The Morgan fingerprint density at radius 3 is 2.38 bits per heavy atom. The van der Waals surface area contributed by atoms with Crippen LogP contribution >= 0.6 is 0 Å². The summed E-state index contributed by atoms with van der Waals surface area (Å²) in [5, 5.41) is 11.4. The van der Waals surface area contributed by atoms with Gasteiger partial charge in [-0.15, -0.1) is 0 Å². The molecule has 1 atom stereocenters. The molecule has 1 aromatic rings. The SMILES string of the molecule is CC(O)CNc1c(F)cccc1F. The molecule has 0 aliphatic carbocycles. The fourth-order valence-electron chi connectivity index (χ4n) is 0.916. The lowest BCUT2D eigenvalue weighted by molar-refractivity contribution is 0.208. The smallest absolute Gasteiger partial charge is 0.149 e. The van der Waals surface area contributed by atoms with Crippen molar-refractivity contribution in [2.24, 2.45) is 0 Å². The average Bonchev–Trinajstić information content (AvgIpc) is 2.03. The van der Waals surface area contributed by atoms with Gasteiger partial charge in [0, 0.05) is 6.54 Å². The van der Waals surface area contributed by atoms with Crippen molar-refractivity contribution in [1.29, 1.82) is 0 Å². The summed E-state index contributed by atoms with van der Waals surface area (Å²) in [5.74, 6) is -1.30. The van der Waals surface area contributed by atoms with Crippen molar-refractivity contribution in [2.45, 2.75) is 13.0 Å². The van der Waals surface area contributed by atoms with Crippen LogP contribution in [0.4, 0.5) is 14.5 Å². The minimum atomic E-state index is -0.652. The topological polar surface area (TPSA) is 32.3 Å². The van der Waals surface area contributed by atoms with E-state index in [1.807, 2.05) is 0 Å². The average molecular weight is 187 g/mol. The van der Waals surface area contributed by atoms with E-state index >= 15 is 0 Å². The molecule has 0 heterocycles. The van der Waals surface area contributed by atoms with Crippen molar-refractivity contribution >= 4 is 5.69 Å². The molecule has 0 aliphatic heterocycles. The van der Waals surface area contributed by atoms with E-state index in [9.17, 15) is 8.78 Å². The summed E-state index contributed by atoms with van der Waals surface area (Å²) >= 11 is 0. The highest BCUT2D eigenvalue weighted by atomic mass is 19.1. The first-order valence-corrected chi connectivity index (χ1v) is 3.97. The summed E-state index contributed by atoms with van der Waals surface area (Å²) in [6, 6.07) is 3.61. The number of nitrogens with one attached hydrogen (secondary N) is 1. The summed E-state index contributed by atoms with van der Waals surface area (Å²) in [6.45, 7) is 1.66. The molecule has 2 nitrogen and oxygen atoms in total. The van der Waals surface area contributed by atoms with Gasteiger partial charge in [-0.25, -0.2) is 8.78 Å². The van der Waals surface area contributed by atoms with E-state index in [-0.39, 0.29) is 12.2 Å². The Kier molecular flexibility index (Phi) is 3.19. The number of hydrogen-bond donors (Lipinski definition) is 2. The van der Waals surface area contributed by atoms with Gasteiger partial charge in [0.2, 0.25) is 0 Å². The molecule has 72 valence electrons. The van der Waals surface area contributed by atoms with Crippen LogP contribution in [0.5, 0.6) is 0 Å². The number of hydrogen-bond acceptors (Lipinski definition) is 2. The van der Waals surface area contributed by atoms with Crippen LogP contribution in [0.15, 0.2) is 18.2 Å². The Hall–Kier alpha value is -1.16. The lowest BCUT2D eigenvalue weighted by atomic mass is 10.3. The molecule has 0 bridgehead atoms. The highest BCUT2D eigenvalue weighted by Gasteiger charge is 2.07. The predicted octanol–water partition coefficient (Wildman–Crippen LogP) is 1.76. The van der Waals surface area contributed by atoms with Crippen LogP contribution in [0, 0.1) is 11.6 Å². The van der Waals surface area contributed by atoms with Gasteiger partial charge in [0.05, 0.1) is 6.10 Å². The van der Waals surface area contributed by atoms with Crippen LogP contribution < -0.4 is 5.32 Å². The molecule has 4 heteroatoms. The van der Waals surface area contributed by atoms with Crippen molar-refractivity contribution in [1.82, 2.24) is 0 Å². The second kappa shape index (κ2) is 4.18. The normalized spacial score (nSPS) is 12.6. The number of anilines is 1. The highest BCUT2D eigenvalue weighted by Crippen LogP contribution is 2.17. The first kappa shape index (κ1) is 9.92. The van der Waals surface area contributed by atoms with Gasteiger partial charge in [-0.05, 0) is 19.1 Å². The van der Waals surface area contributed by atoms with Crippen LogP contribution in [0.2, 0.25) is 0 Å². The van der Waals surface area contributed by atoms with Crippen LogP contribution in [-0.4, -0.2) is 17.8 Å². The minimum absolute atomic E-state index is 0.123. The van der Waals surface area contributed by atoms with Crippen LogP contribution in [-0.2, 0) is 0 Å². The zero-order valence-corrected chi connectivity index (χ0v) is 7.22. The molecule has 13 heavy (non-hydrogen) atoms. The number of para-hydroxylation sites is 1. The summed E-state index contributed by atoms with van der Waals surface area (Å²) in [4.78, 5) is 0. The van der Waals surface area contributed by atoms with Gasteiger partial charge in [-0.2, -0.15) is 0 Å². The maximum absolute atomic E-state index is 12.9. The number of aliphatic hydroxyl groups is 1. The molecular formula is C9H11F2NO. The van der Waals surface area contributed by atoms with Crippen molar-refractivity contribution < 1.29 is 13.9 Å². The summed E-state index contributed by atoms with van der Waals surface area (Å²) in [5.41, 5.74) is -0.191. The Morgan fingerprint density at radius 1 is 1.38 bits per heavy atom. The fourth-order valence-corrected chi connectivity index (χ4v) is 0.916. The van der Waals surface area contributed by atoms with E-state index in [4.69, 9.17) is 5.11 Å². The maximum Gasteiger partial charge on any atom is 0.149 e. The van der Waals surface area contributed by atoms with Crippen molar-refractivity contribution in [3.05, 3.63) is 29.8 Å². The van der Waals surface area contributed by atoms with E-state index in [2.05, 4.69) is 5.32 Å². The Balaban J connectivity index is 2.75. The predicted molar refractivity (Wildman–Crippen MR) is 46.5 cm³/mol. The molecule has 2 N–H and O–H groups in total. The summed E-state index contributed by atoms with van der Waals surface area (Å²) in [6.07, 6.45) is -0.640. The third kappa shape index (κ3) is 2.66. The van der Waals surface area contributed by atoms with E-state index < -0.39 is 17.7 Å². The first-order valence-electron chi connectivity index (χ1n) is 3.97. The molecule has 0 fully saturated rings. The Labute approximate surface area is 75.2 Å². The van der Waals surface area contributed by atoms with Gasteiger partial charge in [0.15, 0.2) is 0 Å². The zero-order valence-electron chi connectivity index (χ0n) is 7.22. The molecule has 0 spiro atoms. The maximum atomic E-state index is 12.9. The van der Waals surface area contributed by atoms with E-state index in [0.717, 1.165) is 12.1 Å². The molecule has 0 radical (unpaired) electrons. The van der Waals surface area contributed by atoms with Gasteiger partial charge in [-0.1, -0.05) is 6.07 Å². The third-order valence-electron chi connectivity index (χ3n) is 1.54. The van der Waals surface area contributed by atoms with Crippen molar-refractivity contribution in [3.8, 4) is 0 Å². The molecule has 0 aromatic heterocycles. The number of rotatable bonds is 3. The quantitative estimate of drug-likeness (QED) is 0.755. The number of halogens is 2. The standard InChI is InChI=1S/C9H11F2NO/c1-6(13)5-12-9-7(10)3-2-4-8(9)11/h2-4,6,12-13H,5H2,1H3. The fraction of sp³-hybridized carbons (Fsp3) is 0.333. The molecule has 0 amide bonds. The molecule has 1 unspecified atom stereocenters. The molecule has 0 saturated carbocycles. The van der Waals surface area contributed by atoms with Crippen molar-refractivity contribution in [2.75, 3.05) is 11.9 Å². The van der Waals surface area contributed by atoms with E-state index in [1.165, 1.54) is 13.0 Å². The van der Waals surface area contributed by atoms with Crippen LogP contribution in [0.3, 0.4) is 0 Å². The van der Waals surface area contributed by atoms with Gasteiger partial charge in [0.1, 0.15) is 17.3 Å². The first-order chi connectivity index (χ1) is 6.11.